The van der Waals surface area contributed by atoms with Crippen LogP contribution in [-0.2, 0) is 17.6 Å². The summed E-state index contributed by atoms with van der Waals surface area (Å²) in [6.07, 6.45) is 5.37. The molecule has 1 aromatic carbocycles. The summed E-state index contributed by atoms with van der Waals surface area (Å²) in [6, 6.07) is 10.4. The number of piperazine rings is 1. The Bertz CT molecular complexity index is 1090. The maximum Gasteiger partial charge on any atom is 0.235 e. The Balaban J connectivity index is 1.71. The molecule has 4 rings (SSSR count). The smallest absolute Gasteiger partial charge is 0.235 e. The van der Waals surface area contributed by atoms with E-state index in [0.717, 1.165) is 67.8 Å². The molecule has 3 heterocycles. The lowest BCUT2D eigenvalue weighted by Gasteiger charge is -2.35. The number of benzene rings is 1. The maximum absolute atomic E-state index is 13.3. The lowest BCUT2D eigenvalue weighted by atomic mass is 10.0. The summed E-state index contributed by atoms with van der Waals surface area (Å²) in [5, 5.41) is 9.65. The van der Waals surface area contributed by atoms with E-state index in [4.69, 9.17) is 0 Å². The molecule has 0 spiro atoms. The van der Waals surface area contributed by atoms with Crippen molar-refractivity contribution in [2.45, 2.75) is 50.9 Å². The van der Waals surface area contributed by atoms with Crippen molar-refractivity contribution in [1.29, 1.82) is 0 Å². The van der Waals surface area contributed by atoms with Crippen molar-refractivity contribution in [3.63, 3.8) is 0 Å². The van der Waals surface area contributed by atoms with E-state index in [2.05, 4.69) is 63.6 Å². The van der Waals surface area contributed by atoms with Gasteiger partial charge >= 0.3 is 0 Å². The van der Waals surface area contributed by atoms with E-state index in [1.54, 1.807) is 6.20 Å². The minimum atomic E-state index is -0.253. The Morgan fingerprint density at radius 3 is 2.29 bits per heavy atom. The van der Waals surface area contributed by atoms with E-state index in [9.17, 15) is 4.79 Å². The first-order valence-electron chi connectivity index (χ1n) is 12.2. The van der Waals surface area contributed by atoms with Crippen molar-refractivity contribution in [3.05, 3.63) is 53.9 Å². The van der Waals surface area contributed by atoms with Crippen LogP contribution >= 0.6 is 11.8 Å². The van der Waals surface area contributed by atoms with Crippen LogP contribution in [0.4, 0.5) is 0 Å². The molecule has 1 fully saturated rings. The number of aryl methyl sites for hydroxylation is 2. The van der Waals surface area contributed by atoms with Crippen LogP contribution in [0.3, 0.4) is 0 Å². The zero-order valence-electron chi connectivity index (χ0n) is 20.6. The lowest BCUT2D eigenvalue weighted by Crippen LogP contribution is -2.50. The molecule has 3 aromatic rings. The largest absolute Gasteiger partial charge is 0.339 e. The zero-order valence-corrected chi connectivity index (χ0v) is 21.4. The summed E-state index contributed by atoms with van der Waals surface area (Å²) in [5.41, 5.74) is 4.50. The molecule has 1 amide bonds. The molecule has 8 heteroatoms. The summed E-state index contributed by atoms with van der Waals surface area (Å²) in [4.78, 5) is 22.0. The van der Waals surface area contributed by atoms with Gasteiger partial charge in [0.1, 0.15) is 0 Å². The fraction of sp³-hybridized carbons (Fsp3) is 0.462. The van der Waals surface area contributed by atoms with E-state index >= 15 is 0 Å². The Labute approximate surface area is 206 Å². The number of likely N-dealkylation sites (N-methyl/N-ethyl adjacent to an activating group) is 1. The highest BCUT2D eigenvalue weighted by molar-refractivity contribution is 8.00. The SMILES string of the molecule is CCc1cccc(CC)c1-n1c(SC(C)C(=O)N2CCN(CC)CC2)nnc1-c1cccnc1. The van der Waals surface area contributed by atoms with Crippen LogP contribution in [0.1, 0.15) is 38.8 Å². The van der Waals surface area contributed by atoms with Gasteiger partial charge in [0.15, 0.2) is 11.0 Å². The Morgan fingerprint density at radius 2 is 1.71 bits per heavy atom. The van der Waals surface area contributed by atoms with Gasteiger partial charge in [0.2, 0.25) is 5.91 Å². The van der Waals surface area contributed by atoms with Gasteiger partial charge in [0.25, 0.3) is 0 Å². The van der Waals surface area contributed by atoms with Crippen LogP contribution in [0.5, 0.6) is 0 Å². The van der Waals surface area contributed by atoms with Crippen LogP contribution in [0, 0.1) is 0 Å². The molecule has 0 saturated carbocycles. The number of rotatable bonds is 8. The lowest BCUT2D eigenvalue weighted by molar-refractivity contribution is -0.132. The summed E-state index contributed by atoms with van der Waals surface area (Å²) < 4.78 is 2.14. The third-order valence-electron chi connectivity index (χ3n) is 6.50. The highest BCUT2D eigenvalue weighted by Crippen LogP contribution is 2.34. The minimum absolute atomic E-state index is 0.165. The fourth-order valence-electron chi connectivity index (χ4n) is 4.48. The van der Waals surface area contributed by atoms with Gasteiger partial charge in [-0.05, 0) is 49.6 Å². The second kappa shape index (κ2) is 11.1. The molecule has 1 unspecified atom stereocenters. The Kier molecular flexibility index (Phi) is 8.00. The molecule has 0 bridgehead atoms. The van der Waals surface area contributed by atoms with E-state index < -0.39 is 0 Å². The van der Waals surface area contributed by atoms with E-state index in [-0.39, 0.29) is 11.2 Å². The molecule has 1 aliphatic heterocycles. The van der Waals surface area contributed by atoms with Crippen LogP contribution in [0.2, 0.25) is 0 Å². The molecule has 0 radical (unpaired) electrons. The fourth-order valence-corrected chi connectivity index (χ4v) is 5.42. The number of hydrogen-bond donors (Lipinski definition) is 0. The number of aromatic nitrogens is 4. The molecule has 1 aliphatic rings. The average Bonchev–Trinajstić information content (AvgIpc) is 3.30. The molecule has 0 N–H and O–H groups in total. The third kappa shape index (κ3) is 5.03. The topological polar surface area (TPSA) is 67.2 Å². The average molecular weight is 479 g/mol. The number of carbonyl (C=O) groups excluding carboxylic acids is 1. The molecule has 180 valence electrons. The molecule has 2 aromatic heterocycles. The molecular weight excluding hydrogens is 444 g/mol. The van der Waals surface area contributed by atoms with Gasteiger partial charge in [0, 0.05) is 44.1 Å². The second-order valence-corrected chi connectivity index (χ2v) is 9.84. The van der Waals surface area contributed by atoms with Gasteiger partial charge < -0.3 is 9.80 Å². The zero-order chi connectivity index (χ0) is 24.1. The molecule has 1 saturated heterocycles. The van der Waals surface area contributed by atoms with Gasteiger partial charge in [-0.15, -0.1) is 10.2 Å². The highest BCUT2D eigenvalue weighted by Gasteiger charge is 2.28. The number of hydrogen-bond acceptors (Lipinski definition) is 6. The predicted molar refractivity (Wildman–Crippen MR) is 137 cm³/mol. The first-order valence-corrected chi connectivity index (χ1v) is 13.1. The summed E-state index contributed by atoms with van der Waals surface area (Å²) in [5.74, 6) is 0.917. The predicted octanol–water partition coefficient (Wildman–Crippen LogP) is 4.10. The number of nitrogens with zero attached hydrogens (tertiary/aromatic N) is 6. The molecule has 7 nitrogen and oxygen atoms in total. The van der Waals surface area contributed by atoms with Crippen LogP contribution < -0.4 is 0 Å². The summed E-state index contributed by atoms with van der Waals surface area (Å²) in [6.45, 7) is 12.9. The van der Waals surface area contributed by atoms with Crippen LogP contribution in [-0.4, -0.2) is 73.4 Å². The Hall–Kier alpha value is -2.71. The molecule has 34 heavy (non-hydrogen) atoms. The van der Waals surface area contributed by atoms with Crippen molar-refractivity contribution in [2.24, 2.45) is 0 Å². The van der Waals surface area contributed by atoms with Gasteiger partial charge in [-0.3, -0.25) is 14.3 Å². The van der Waals surface area contributed by atoms with Gasteiger partial charge in [0.05, 0.1) is 10.9 Å². The van der Waals surface area contributed by atoms with Crippen molar-refractivity contribution in [2.75, 3.05) is 32.7 Å². The van der Waals surface area contributed by atoms with Gasteiger partial charge in [-0.2, -0.15) is 0 Å². The maximum atomic E-state index is 13.3. The number of pyridine rings is 1. The molecular formula is C26H34N6OS. The quantitative estimate of drug-likeness (QED) is 0.454. The normalized spacial score (nSPS) is 15.5. The number of carbonyl (C=O) groups is 1. The number of amides is 1. The first-order chi connectivity index (χ1) is 16.6. The van der Waals surface area contributed by atoms with Gasteiger partial charge in [-0.1, -0.05) is 50.7 Å². The standard InChI is InChI=1S/C26H34N6OS/c1-5-20-10-8-11-21(6-2)23(20)32-24(22-12-9-13-27-18-22)28-29-26(32)34-19(4)25(33)31-16-14-30(7-3)15-17-31/h8-13,18-19H,5-7,14-17H2,1-4H3. The van der Waals surface area contributed by atoms with Crippen molar-refractivity contribution in [1.82, 2.24) is 29.5 Å². The third-order valence-corrected chi connectivity index (χ3v) is 7.53. The van der Waals surface area contributed by atoms with Crippen molar-refractivity contribution < 1.29 is 4.79 Å². The van der Waals surface area contributed by atoms with Crippen LogP contribution in [0.15, 0.2) is 47.9 Å². The minimum Gasteiger partial charge on any atom is -0.339 e. The molecule has 1 atom stereocenters. The molecule has 0 aliphatic carbocycles. The van der Waals surface area contributed by atoms with Crippen LogP contribution in [0.25, 0.3) is 17.1 Å². The first kappa shape index (κ1) is 24.4. The van der Waals surface area contributed by atoms with Gasteiger partial charge in [-0.25, -0.2) is 0 Å². The second-order valence-electron chi connectivity index (χ2n) is 8.53. The Morgan fingerprint density at radius 1 is 1.00 bits per heavy atom. The summed E-state index contributed by atoms with van der Waals surface area (Å²) >= 11 is 1.49. The monoisotopic (exact) mass is 478 g/mol. The van der Waals surface area contributed by atoms with E-state index in [1.165, 1.54) is 22.9 Å². The highest BCUT2D eigenvalue weighted by atomic mass is 32.2. The number of thioether (sulfide) groups is 1. The van der Waals surface area contributed by atoms with E-state index in [1.807, 2.05) is 30.2 Å². The van der Waals surface area contributed by atoms with E-state index in [0.29, 0.717) is 0 Å². The van der Waals surface area contributed by atoms with Crippen molar-refractivity contribution >= 4 is 17.7 Å². The van der Waals surface area contributed by atoms with Crippen molar-refractivity contribution in [3.8, 4) is 17.1 Å². The summed E-state index contributed by atoms with van der Waals surface area (Å²) in [7, 11) is 0. The number of para-hydroxylation sites is 1.